The molecule has 1 saturated carbocycles. The van der Waals surface area contributed by atoms with E-state index in [1.54, 1.807) is 28.9 Å². The summed E-state index contributed by atoms with van der Waals surface area (Å²) < 4.78 is 16.8. The van der Waals surface area contributed by atoms with Crippen molar-refractivity contribution in [3.63, 3.8) is 0 Å². The summed E-state index contributed by atoms with van der Waals surface area (Å²) >= 11 is 0. The maximum atomic E-state index is 14.0. The van der Waals surface area contributed by atoms with Crippen LogP contribution in [-0.2, 0) is 28.7 Å². The molecule has 2 unspecified atom stereocenters. The fourth-order valence-electron chi connectivity index (χ4n) is 7.50. The highest BCUT2D eigenvalue weighted by Gasteiger charge is 2.36. The van der Waals surface area contributed by atoms with Crippen LogP contribution in [-0.4, -0.2) is 152 Å². The van der Waals surface area contributed by atoms with Gasteiger partial charge in [0.05, 0.1) is 18.7 Å². The van der Waals surface area contributed by atoms with Crippen LogP contribution in [0.25, 0.3) is 10.9 Å². The average Bonchev–Trinajstić information content (AvgIpc) is 3.65. The van der Waals surface area contributed by atoms with E-state index in [-0.39, 0.29) is 93.6 Å². The lowest BCUT2D eigenvalue weighted by Gasteiger charge is -2.36. The molecule has 57 heavy (non-hydrogen) atoms. The van der Waals surface area contributed by atoms with E-state index in [0.29, 0.717) is 36.8 Å². The number of hydrogen-bond donors (Lipinski definition) is 2. The number of aromatic nitrogens is 1. The molecule has 3 fully saturated rings. The van der Waals surface area contributed by atoms with Crippen LogP contribution in [0.3, 0.4) is 0 Å². The normalized spacial score (nSPS) is 17.9. The Labute approximate surface area is 334 Å². The van der Waals surface area contributed by atoms with Crippen molar-refractivity contribution in [1.29, 1.82) is 0 Å². The molecule has 2 aliphatic heterocycles. The van der Waals surface area contributed by atoms with E-state index in [0.717, 1.165) is 24.8 Å². The van der Waals surface area contributed by atoms with Crippen LogP contribution in [0, 0.1) is 12.3 Å². The van der Waals surface area contributed by atoms with E-state index in [4.69, 9.17) is 14.2 Å². The number of benzene rings is 1. The summed E-state index contributed by atoms with van der Waals surface area (Å²) in [6.45, 7) is 9.74. The molecule has 3 heterocycles. The second-order valence-corrected chi connectivity index (χ2v) is 16.3. The van der Waals surface area contributed by atoms with Crippen LogP contribution < -0.4 is 15.4 Å². The second-order valence-electron chi connectivity index (χ2n) is 16.3. The molecule has 16 heteroatoms. The molecule has 312 valence electrons. The number of nitrogens with one attached hydrogen (secondary N) is 2. The highest BCUT2D eigenvalue weighted by atomic mass is 16.6. The van der Waals surface area contributed by atoms with E-state index in [9.17, 15) is 28.8 Å². The minimum absolute atomic E-state index is 0.0362. The van der Waals surface area contributed by atoms with Gasteiger partial charge in [0.1, 0.15) is 23.5 Å². The van der Waals surface area contributed by atoms with E-state index in [2.05, 4.69) is 15.6 Å². The summed E-state index contributed by atoms with van der Waals surface area (Å²) in [6.07, 6.45) is 3.66. The second kappa shape index (κ2) is 19.4. The number of carbonyl (C=O) groups excluding carboxylic acids is 6. The lowest BCUT2D eigenvalue weighted by Crippen LogP contribution is -2.56. The van der Waals surface area contributed by atoms with Gasteiger partial charge in [0.2, 0.25) is 11.8 Å². The van der Waals surface area contributed by atoms with Crippen molar-refractivity contribution >= 4 is 46.6 Å². The molecular weight excluding hydrogens is 734 g/mol. The number of rotatable bonds is 16. The van der Waals surface area contributed by atoms with E-state index < -0.39 is 36.0 Å². The summed E-state index contributed by atoms with van der Waals surface area (Å²) in [5.41, 5.74) is 0.985. The van der Waals surface area contributed by atoms with Crippen molar-refractivity contribution < 1.29 is 43.0 Å². The van der Waals surface area contributed by atoms with Gasteiger partial charge in [-0.15, -0.1) is 0 Å². The predicted octanol–water partition coefficient (Wildman–Crippen LogP) is 2.89. The smallest absolute Gasteiger partial charge is 0.409 e. The number of hydrogen-bond acceptors (Lipinski definition) is 11. The standard InChI is InChI=1S/C41H59N7O9/c1-7-55-40(54)47-20-18-46(19-21-47)39(53)30(15-16-36(50)57-26-41(3,4)25-45(5)6)44-37(51)32-23-34(29-14-13-27(2)22-31(29)43-32)56-24-35(49)48-17-9-12-33(48)38(52)42-28-10-8-11-28/h13-14,22-23,28,30,33H,7-12,15-21,24-26H2,1-6H3,(H,42,52)(H,44,51). The molecular formula is C41H59N7O9. The number of fused-ring (bicyclic) bond motifs is 1. The fraction of sp³-hybridized carbons (Fsp3) is 0.634. The van der Waals surface area contributed by atoms with E-state index in [1.165, 1.54) is 11.0 Å². The Morgan fingerprint density at radius 2 is 1.67 bits per heavy atom. The highest BCUT2D eigenvalue weighted by molar-refractivity contribution is 5.99. The predicted molar refractivity (Wildman–Crippen MR) is 211 cm³/mol. The molecule has 1 aliphatic carbocycles. The zero-order chi connectivity index (χ0) is 41.3. The monoisotopic (exact) mass is 793 g/mol. The number of nitrogens with zero attached hydrogens (tertiary/aromatic N) is 5. The van der Waals surface area contributed by atoms with Crippen LogP contribution in [0.4, 0.5) is 4.79 Å². The van der Waals surface area contributed by atoms with Gasteiger partial charge in [-0.05, 0) is 84.2 Å². The maximum absolute atomic E-state index is 14.0. The van der Waals surface area contributed by atoms with Gasteiger partial charge in [-0.2, -0.15) is 0 Å². The minimum atomic E-state index is -1.12. The van der Waals surface area contributed by atoms with Gasteiger partial charge in [0.25, 0.3) is 11.8 Å². The number of esters is 1. The first kappa shape index (κ1) is 43.1. The number of pyridine rings is 1. The summed E-state index contributed by atoms with van der Waals surface area (Å²) in [4.78, 5) is 91.0. The summed E-state index contributed by atoms with van der Waals surface area (Å²) in [5.74, 6) is -1.81. The molecule has 5 amide bonds. The van der Waals surface area contributed by atoms with Crippen molar-refractivity contribution in [2.75, 3.05) is 73.2 Å². The van der Waals surface area contributed by atoms with Crippen LogP contribution >= 0.6 is 0 Å². The van der Waals surface area contributed by atoms with Gasteiger partial charge < -0.3 is 44.4 Å². The Hall–Kier alpha value is -4.99. The first-order valence-corrected chi connectivity index (χ1v) is 20.1. The van der Waals surface area contributed by atoms with Crippen molar-refractivity contribution in [3.05, 3.63) is 35.5 Å². The van der Waals surface area contributed by atoms with Gasteiger partial charge in [-0.1, -0.05) is 19.9 Å². The van der Waals surface area contributed by atoms with Gasteiger partial charge in [0, 0.05) is 68.6 Å². The molecule has 1 aromatic heterocycles. The Bertz CT molecular complexity index is 1790. The summed E-state index contributed by atoms with van der Waals surface area (Å²) in [7, 11) is 3.88. The third kappa shape index (κ3) is 11.8. The first-order chi connectivity index (χ1) is 27.1. The number of ether oxygens (including phenoxy) is 3. The van der Waals surface area contributed by atoms with Crippen LogP contribution in [0.2, 0.25) is 0 Å². The molecule has 2 aromatic rings. The molecule has 0 bridgehead atoms. The van der Waals surface area contributed by atoms with E-state index >= 15 is 0 Å². The van der Waals surface area contributed by atoms with Crippen molar-refractivity contribution in [1.82, 2.24) is 35.2 Å². The van der Waals surface area contributed by atoms with Crippen molar-refractivity contribution in [3.8, 4) is 5.75 Å². The SMILES string of the molecule is CCOC(=O)N1CCN(C(=O)C(CCC(=O)OCC(C)(C)CN(C)C)NC(=O)c2cc(OCC(=O)N3CCCC3C(=O)NC3CCC3)c3ccc(C)cc3n2)CC1. The zero-order valence-electron chi connectivity index (χ0n) is 34.3. The topological polar surface area (TPSA) is 180 Å². The quantitative estimate of drug-likeness (QED) is 0.239. The Balaban J connectivity index is 1.31. The number of aryl methyl sites for hydroxylation is 1. The van der Waals surface area contributed by atoms with Gasteiger partial charge in [0.15, 0.2) is 6.61 Å². The third-order valence-corrected chi connectivity index (χ3v) is 10.6. The summed E-state index contributed by atoms with van der Waals surface area (Å²) in [5, 5.41) is 6.45. The van der Waals surface area contributed by atoms with Gasteiger partial charge in [-0.3, -0.25) is 24.0 Å². The molecule has 2 N–H and O–H groups in total. The Morgan fingerprint density at radius 3 is 2.33 bits per heavy atom. The van der Waals surface area contributed by atoms with Crippen LogP contribution in [0.15, 0.2) is 24.3 Å². The molecule has 2 saturated heterocycles. The Morgan fingerprint density at radius 1 is 0.947 bits per heavy atom. The third-order valence-electron chi connectivity index (χ3n) is 10.6. The van der Waals surface area contributed by atoms with E-state index in [1.807, 2.05) is 45.8 Å². The molecule has 0 radical (unpaired) electrons. The maximum Gasteiger partial charge on any atom is 0.409 e. The summed E-state index contributed by atoms with van der Waals surface area (Å²) in [6, 6.07) is 5.40. The van der Waals surface area contributed by atoms with Crippen LogP contribution in [0.5, 0.6) is 5.75 Å². The molecule has 0 spiro atoms. The van der Waals surface area contributed by atoms with Gasteiger partial charge in [-0.25, -0.2) is 9.78 Å². The van der Waals surface area contributed by atoms with Crippen molar-refractivity contribution in [2.45, 2.75) is 90.8 Å². The number of amides is 5. The van der Waals surface area contributed by atoms with Gasteiger partial charge >= 0.3 is 12.1 Å². The molecule has 3 aliphatic rings. The Kier molecular flexibility index (Phi) is 14.7. The molecule has 2 atom stereocenters. The molecule has 16 nitrogen and oxygen atoms in total. The highest BCUT2D eigenvalue weighted by Crippen LogP contribution is 2.28. The lowest BCUT2D eigenvalue weighted by atomic mass is 9.93. The number of piperazine rings is 1. The minimum Gasteiger partial charge on any atom is -0.483 e. The lowest BCUT2D eigenvalue weighted by molar-refractivity contribution is -0.147. The average molecular weight is 794 g/mol. The first-order valence-electron chi connectivity index (χ1n) is 20.1. The van der Waals surface area contributed by atoms with Crippen LogP contribution in [0.1, 0.15) is 81.8 Å². The van der Waals surface area contributed by atoms with Crippen molar-refractivity contribution in [2.24, 2.45) is 5.41 Å². The zero-order valence-corrected chi connectivity index (χ0v) is 34.3. The molecule has 1 aromatic carbocycles. The number of likely N-dealkylation sites (tertiary alicyclic amines) is 1. The largest absolute Gasteiger partial charge is 0.483 e. The number of carbonyl (C=O) groups is 6. The fourth-order valence-corrected chi connectivity index (χ4v) is 7.50. The molecule has 5 rings (SSSR count).